The van der Waals surface area contributed by atoms with Crippen molar-refractivity contribution in [2.45, 2.75) is 44.8 Å². The summed E-state index contributed by atoms with van der Waals surface area (Å²) in [6.45, 7) is 7.90. The topological polar surface area (TPSA) is 50.4 Å². The number of aryl methyl sites for hydroxylation is 1. The second-order valence-electron chi connectivity index (χ2n) is 6.76. The SMILES string of the molecule is CC(C)(CCc1ccccc1)NC(=O)COC1(C)CNC1. The van der Waals surface area contributed by atoms with E-state index >= 15 is 0 Å². The van der Waals surface area contributed by atoms with Crippen molar-refractivity contribution in [2.75, 3.05) is 19.7 Å². The zero-order chi connectivity index (χ0) is 15.3. The van der Waals surface area contributed by atoms with Gasteiger partial charge in [-0.2, -0.15) is 0 Å². The van der Waals surface area contributed by atoms with Crippen LogP contribution < -0.4 is 10.6 Å². The van der Waals surface area contributed by atoms with Gasteiger partial charge < -0.3 is 15.4 Å². The average Bonchev–Trinajstić information content (AvgIpc) is 2.42. The van der Waals surface area contributed by atoms with Gasteiger partial charge in [-0.25, -0.2) is 0 Å². The fraction of sp³-hybridized carbons (Fsp3) is 0.588. The summed E-state index contributed by atoms with van der Waals surface area (Å²) >= 11 is 0. The van der Waals surface area contributed by atoms with Gasteiger partial charge in [0.2, 0.25) is 5.91 Å². The number of amides is 1. The molecule has 1 heterocycles. The van der Waals surface area contributed by atoms with Crippen LogP contribution in [-0.4, -0.2) is 36.7 Å². The zero-order valence-electron chi connectivity index (χ0n) is 13.2. The molecule has 116 valence electrons. The Kier molecular flexibility index (Phi) is 5.01. The van der Waals surface area contributed by atoms with Crippen LogP contribution in [0.3, 0.4) is 0 Å². The summed E-state index contributed by atoms with van der Waals surface area (Å²) in [6, 6.07) is 10.3. The van der Waals surface area contributed by atoms with Crippen molar-refractivity contribution in [1.29, 1.82) is 0 Å². The Morgan fingerprint density at radius 2 is 2.00 bits per heavy atom. The van der Waals surface area contributed by atoms with E-state index in [9.17, 15) is 4.79 Å². The van der Waals surface area contributed by atoms with Gasteiger partial charge in [-0.05, 0) is 39.2 Å². The van der Waals surface area contributed by atoms with Gasteiger partial charge in [0.25, 0.3) is 0 Å². The van der Waals surface area contributed by atoms with Crippen molar-refractivity contribution in [3.8, 4) is 0 Å². The molecule has 0 spiro atoms. The lowest BCUT2D eigenvalue weighted by Crippen LogP contribution is -2.60. The largest absolute Gasteiger partial charge is 0.363 e. The van der Waals surface area contributed by atoms with Crippen LogP contribution in [0.5, 0.6) is 0 Å². The minimum atomic E-state index is -0.227. The van der Waals surface area contributed by atoms with E-state index in [1.54, 1.807) is 0 Å². The Labute approximate surface area is 127 Å². The van der Waals surface area contributed by atoms with Crippen LogP contribution in [0.1, 0.15) is 32.8 Å². The van der Waals surface area contributed by atoms with Gasteiger partial charge in [-0.1, -0.05) is 30.3 Å². The summed E-state index contributed by atoms with van der Waals surface area (Å²) in [5, 5.41) is 6.22. The van der Waals surface area contributed by atoms with Crippen LogP contribution in [0.25, 0.3) is 0 Å². The van der Waals surface area contributed by atoms with Crippen molar-refractivity contribution in [1.82, 2.24) is 10.6 Å². The molecule has 2 N–H and O–H groups in total. The molecule has 0 aromatic heterocycles. The summed E-state index contributed by atoms with van der Waals surface area (Å²) in [4.78, 5) is 12.0. The van der Waals surface area contributed by atoms with E-state index in [0.29, 0.717) is 0 Å². The molecular formula is C17H26N2O2. The van der Waals surface area contributed by atoms with E-state index in [2.05, 4.69) is 36.6 Å². The third kappa shape index (κ3) is 5.14. The Bertz CT molecular complexity index is 467. The number of ether oxygens (including phenoxy) is 1. The molecule has 1 aliphatic rings. The second kappa shape index (κ2) is 6.58. The minimum absolute atomic E-state index is 0.0406. The molecule has 21 heavy (non-hydrogen) atoms. The molecule has 0 radical (unpaired) electrons. The molecule has 1 saturated heterocycles. The van der Waals surface area contributed by atoms with Gasteiger partial charge in [0.05, 0.1) is 5.60 Å². The number of hydrogen-bond donors (Lipinski definition) is 2. The fourth-order valence-electron chi connectivity index (χ4n) is 2.40. The fourth-order valence-corrected chi connectivity index (χ4v) is 2.40. The van der Waals surface area contributed by atoms with Crippen molar-refractivity contribution in [2.24, 2.45) is 0 Å². The maximum absolute atomic E-state index is 12.0. The summed E-state index contributed by atoms with van der Waals surface area (Å²) < 4.78 is 5.66. The van der Waals surface area contributed by atoms with E-state index < -0.39 is 0 Å². The van der Waals surface area contributed by atoms with Gasteiger partial charge in [0.15, 0.2) is 0 Å². The van der Waals surface area contributed by atoms with Crippen LogP contribution in [0.4, 0.5) is 0 Å². The predicted molar refractivity (Wildman–Crippen MR) is 84.2 cm³/mol. The van der Waals surface area contributed by atoms with E-state index in [1.807, 2.05) is 25.1 Å². The van der Waals surface area contributed by atoms with E-state index in [-0.39, 0.29) is 23.7 Å². The highest BCUT2D eigenvalue weighted by Gasteiger charge is 2.33. The highest BCUT2D eigenvalue weighted by atomic mass is 16.5. The monoisotopic (exact) mass is 290 g/mol. The molecule has 4 heteroatoms. The number of hydrogen-bond acceptors (Lipinski definition) is 3. The molecule has 1 fully saturated rings. The number of nitrogens with one attached hydrogen (secondary N) is 2. The Hall–Kier alpha value is -1.39. The number of carbonyl (C=O) groups is 1. The summed E-state index contributed by atoms with van der Waals surface area (Å²) in [5.74, 6) is -0.0406. The minimum Gasteiger partial charge on any atom is -0.363 e. The molecule has 0 saturated carbocycles. The highest BCUT2D eigenvalue weighted by Crippen LogP contribution is 2.16. The van der Waals surface area contributed by atoms with Crippen LogP contribution in [0.15, 0.2) is 30.3 Å². The standard InChI is InChI=1S/C17H26N2O2/c1-16(2,10-9-14-7-5-4-6-8-14)19-15(20)11-21-17(3)12-18-13-17/h4-8,18H,9-13H2,1-3H3,(H,19,20). The quantitative estimate of drug-likeness (QED) is 0.806. The van der Waals surface area contributed by atoms with Crippen LogP contribution in [0, 0.1) is 0 Å². The molecule has 1 amide bonds. The van der Waals surface area contributed by atoms with Gasteiger partial charge in [0, 0.05) is 18.6 Å². The van der Waals surface area contributed by atoms with Crippen molar-refractivity contribution in [3.05, 3.63) is 35.9 Å². The molecular weight excluding hydrogens is 264 g/mol. The predicted octanol–water partition coefficient (Wildman–Crippen LogP) is 1.89. The smallest absolute Gasteiger partial charge is 0.246 e. The van der Waals surface area contributed by atoms with Crippen LogP contribution in [0.2, 0.25) is 0 Å². The Morgan fingerprint density at radius 3 is 2.57 bits per heavy atom. The van der Waals surface area contributed by atoms with Crippen molar-refractivity contribution >= 4 is 5.91 Å². The number of carbonyl (C=O) groups excluding carboxylic acids is 1. The number of benzene rings is 1. The zero-order valence-corrected chi connectivity index (χ0v) is 13.2. The molecule has 0 aliphatic carbocycles. The normalized spacial score (nSPS) is 17.1. The van der Waals surface area contributed by atoms with Gasteiger partial charge in [0.1, 0.15) is 6.61 Å². The maximum Gasteiger partial charge on any atom is 0.246 e. The molecule has 0 unspecified atom stereocenters. The van der Waals surface area contributed by atoms with E-state index in [0.717, 1.165) is 25.9 Å². The molecule has 1 aromatic carbocycles. The first-order chi connectivity index (χ1) is 9.89. The summed E-state index contributed by atoms with van der Waals surface area (Å²) in [5.41, 5.74) is 0.893. The first kappa shape index (κ1) is 16.0. The highest BCUT2D eigenvalue weighted by molar-refractivity contribution is 5.78. The first-order valence-electron chi connectivity index (χ1n) is 7.58. The van der Waals surface area contributed by atoms with Gasteiger partial charge >= 0.3 is 0 Å². The van der Waals surface area contributed by atoms with Crippen molar-refractivity contribution in [3.63, 3.8) is 0 Å². The Balaban J connectivity index is 1.73. The van der Waals surface area contributed by atoms with Crippen LogP contribution >= 0.6 is 0 Å². The lowest BCUT2D eigenvalue weighted by Gasteiger charge is -2.39. The third-order valence-electron chi connectivity index (χ3n) is 3.91. The van der Waals surface area contributed by atoms with E-state index in [1.165, 1.54) is 5.56 Å². The first-order valence-corrected chi connectivity index (χ1v) is 7.58. The Morgan fingerprint density at radius 1 is 1.33 bits per heavy atom. The lowest BCUT2D eigenvalue weighted by molar-refractivity contribution is -0.137. The summed E-state index contributed by atoms with van der Waals surface area (Å²) in [7, 11) is 0. The van der Waals surface area contributed by atoms with E-state index in [4.69, 9.17) is 4.74 Å². The van der Waals surface area contributed by atoms with Gasteiger partial charge in [-0.3, -0.25) is 4.79 Å². The van der Waals surface area contributed by atoms with Gasteiger partial charge in [-0.15, -0.1) is 0 Å². The molecule has 0 atom stereocenters. The third-order valence-corrected chi connectivity index (χ3v) is 3.91. The molecule has 4 nitrogen and oxygen atoms in total. The molecule has 1 aliphatic heterocycles. The van der Waals surface area contributed by atoms with Crippen molar-refractivity contribution < 1.29 is 9.53 Å². The number of rotatable bonds is 7. The second-order valence-corrected chi connectivity index (χ2v) is 6.76. The average molecular weight is 290 g/mol. The molecule has 0 bridgehead atoms. The summed E-state index contributed by atoms with van der Waals surface area (Å²) in [6.07, 6.45) is 1.86. The molecule has 1 aromatic rings. The van der Waals surface area contributed by atoms with Crippen LogP contribution in [-0.2, 0) is 16.0 Å². The lowest BCUT2D eigenvalue weighted by atomic mass is 9.95. The maximum atomic E-state index is 12.0. The molecule has 2 rings (SSSR count).